The first-order chi connectivity index (χ1) is 11.1. The van der Waals surface area contributed by atoms with Gasteiger partial charge in [0.1, 0.15) is 9.88 Å². The molecule has 1 saturated carbocycles. The number of aromatic nitrogens is 1. The van der Waals surface area contributed by atoms with Crippen LogP contribution in [0.25, 0.3) is 10.6 Å². The smallest absolute Gasteiger partial charge is 0.265 e. The lowest BCUT2D eigenvalue weighted by Gasteiger charge is -2.18. The van der Waals surface area contributed by atoms with E-state index in [1.807, 2.05) is 42.2 Å². The standard InChI is InChI=1S/C18H21N3OS/c1-11-16(23-17(20-11)12-5-3-2-4-6-12)18(22)21-9-13-7-8-15(19)14(13)10-21/h2-6,13-15H,7-10,19H2,1H3. The molecule has 1 saturated heterocycles. The molecule has 2 N–H and O–H groups in total. The van der Waals surface area contributed by atoms with Gasteiger partial charge in [-0.1, -0.05) is 30.3 Å². The monoisotopic (exact) mass is 327 g/mol. The Morgan fingerprint density at radius 1 is 1.26 bits per heavy atom. The Labute approximate surface area is 140 Å². The minimum absolute atomic E-state index is 0.129. The van der Waals surface area contributed by atoms with Crippen LogP contribution >= 0.6 is 11.3 Å². The average Bonchev–Trinajstić information content (AvgIpc) is 3.24. The molecule has 1 amide bonds. The van der Waals surface area contributed by atoms with Gasteiger partial charge in [-0.3, -0.25) is 4.79 Å². The van der Waals surface area contributed by atoms with Crippen molar-refractivity contribution >= 4 is 17.2 Å². The van der Waals surface area contributed by atoms with Gasteiger partial charge in [0.15, 0.2) is 0 Å². The van der Waals surface area contributed by atoms with Crippen LogP contribution in [0, 0.1) is 18.8 Å². The second-order valence-electron chi connectivity index (χ2n) is 6.67. The van der Waals surface area contributed by atoms with Gasteiger partial charge in [0, 0.05) is 24.7 Å². The van der Waals surface area contributed by atoms with E-state index in [4.69, 9.17) is 5.73 Å². The Morgan fingerprint density at radius 3 is 2.78 bits per heavy atom. The van der Waals surface area contributed by atoms with Crippen LogP contribution in [-0.2, 0) is 0 Å². The van der Waals surface area contributed by atoms with Crippen molar-refractivity contribution in [3.63, 3.8) is 0 Å². The number of nitrogens with two attached hydrogens (primary N) is 1. The number of benzene rings is 1. The third kappa shape index (κ3) is 2.58. The predicted molar refractivity (Wildman–Crippen MR) is 92.4 cm³/mol. The van der Waals surface area contributed by atoms with Gasteiger partial charge in [0.25, 0.3) is 5.91 Å². The van der Waals surface area contributed by atoms with Crippen LogP contribution in [0.5, 0.6) is 0 Å². The molecule has 1 aromatic carbocycles. The first-order valence-electron chi connectivity index (χ1n) is 8.21. The molecule has 0 spiro atoms. The minimum atomic E-state index is 0.129. The van der Waals surface area contributed by atoms with Crippen LogP contribution in [0.3, 0.4) is 0 Å². The average molecular weight is 327 g/mol. The number of fused-ring (bicyclic) bond motifs is 1. The van der Waals surface area contributed by atoms with Crippen molar-refractivity contribution in [2.45, 2.75) is 25.8 Å². The summed E-state index contributed by atoms with van der Waals surface area (Å²) >= 11 is 1.50. The van der Waals surface area contributed by atoms with Gasteiger partial charge >= 0.3 is 0 Å². The second kappa shape index (κ2) is 5.73. The molecule has 2 fully saturated rings. The zero-order valence-corrected chi connectivity index (χ0v) is 14.1. The molecule has 1 aromatic heterocycles. The third-order valence-electron chi connectivity index (χ3n) is 5.21. The molecule has 2 aliphatic rings. The van der Waals surface area contributed by atoms with E-state index in [-0.39, 0.29) is 11.9 Å². The highest BCUT2D eigenvalue weighted by molar-refractivity contribution is 7.17. The quantitative estimate of drug-likeness (QED) is 0.922. The van der Waals surface area contributed by atoms with Crippen molar-refractivity contribution < 1.29 is 4.79 Å². The molecule has 2 aromatic rings. The van der Waals surface area contributed by atoms with E-state index in [9.17, 15) is 4.79 Å². The van der Waals surface area contributed by atoms with Gasteiger partial charge in [0.2, 0.25) is 0 Å². The van der Waals surface area contributed by atoms with Crippen molar-refractivity contribution in [1.82, 2.24) is 9.88 Å². The summed E-state index contributed by atoms with van der Waals surface area (Å²) in [5.41, 5.74) is 8.09. The lowest BCUT2D eigenvalue weighted by atomic mass is 9.98. The van der Waals surface area contributed by atoms with Crippen molar-refractivity contribution in [1.29, 1.82) is 0 Å². The van der Waals surface area contributed by atoms with Crippen LogP contribution in [-0.4, -0.2) is 34.9 Å². The van der Waals surface area contributed by atoms with Crippen molar-refractivity contribution in [3.8, 4) is 10.6 Å². The first-order valence-corrected chi connectivity index (χ1v) is 9.03. The Kier molecular flexibility index (Phi) is 3.70. The molecule has 1 aliphatic heterocycles. The number of hydrogen-bond donors (Lipinski definition) is 1. The highest BCUT2D eigenvalue weighted by Crippen LogP contribution is 2.38. The Morgan fingerprint density at radius 2 is 2.04 bits per heavy atom. The number of carbonyl (C=O) groups is 1. The molecule has 3 atom stereocenters. The zero-order valence-electron chi connectivity index (χ0n) is 13.2. The summed E-state index contributed by atoms with van der Waals surface area (Å²) < 4.78 is 0. The maximum Gasteiger partial charge on any atom is 0.265 e. The molecule has 0 radical (unpaired) electrons. The maximum atomic E-state index is 12.9. The first kappa shape index (κ1) is 14.8. The number of thiazole rings is 1. The number of rotatable bonds is 2. The van der Waals surface area contributed by atoms with Gasteiger partial charge in [-0.25, -0.2) is 4.98 Å². The Balaban J connectivity index is 1.57. The molecular formula is C18H21N3OS. The number of nitrogens with zero attached hydrogens (tertiary/aromatic N) is 2. The lowest BCUT2D eigenvalue weighted by Crippen LogP contribution is -2.33. The van der Waals surface area contributed by atoms with Gasteiger partial charge in [0.05, 0.1) is 5.69 Å². The zero-order chi connectivity index (χ0) is 16.0. The maximum absolute atomic E-state index is 12.9. The van der Waals surface area contributed by atoms with Gasteiger partial charge < -0.3 is 10.6 Å². The van der Waals surface area contributed by atoms with E-state index in [2.05, 4.69) is 4.98 Å². The van der Waals surface area contributed by atoms with E-state index in [1.165, 1.54) is 11.3 Å². The molecule has 23 heavy (non-hydrogen) atoms. The van der Waals surface area contributed by atoms with Crippen molar-refractivity contribution in [2.24, 2.45) is 17.6 Å². The Bertz CT molecular complexity index is 727. The van der Waals surface area contributed by atoms with Crippen LogP contribution in [0.1, 0.15) is 28.2 Å². The third-order valence-corrected chi connectivity index (χ3v) is 6.41. The van der Waals surface area contributed by atoms with Crippen LogP contribution in [0.15, 0.2) is 30.3 Å². The summed E-state index contributed by atoms with van der Waals surface area (Å²) in [6.45, 7) is 3.59. The molecule has 3 unspecified atom stereocenters. The summed E-state index contributed by atoms with van der Waals surface area (Å²) in [5, 5.41) is 0.919. The summed E-state index contributed by atoms with van der Waals surface area (Å²) in [5.74, 6) is 1.21. The highest BCUT2D eigenvalue weighted by atomic mass is 32.1. The molecular weight excluding hydrogens is 306 g/mol. The number of hydrogen-bond acceptors (Lipinski definition) is 4. The van der Waals surface area contributed by atoms with E-state index < -0.39 is 0 Å². The second-order valence-corrected chi connectivity index (χ2v) is 7.67. The molecule has 5 heteroatoms. The SMILES string of the molecule is Cc1nc(-c2ccccc2)sc1C(=O)N1CC2CCC(N)C2C1. The predicted octanol–water partition coefficient (Wildman–Crippen LogP) is 2.93. The number of carbonyl (C=O) groups excluding carboxylic acids is 1. The molecule has 1 aliphatic carbocycles. The van der Waals surface area contributed by atoms with E-state index in [1.54, 1.807) is 0 Å². The topological polar surface area (TPSA) is 59.2 Å². The molecule has 4 rings (SSSR count). The minimum Gasteiger partial charge on any atom is -0.337 e. The number of aryl methyl sites for hydroxylation is 1. The number of likely N-dealkylation sites (tertiary alicyclic amines) is 1. The fraction of sp³-hybridized carbons (Fsp3) is 0.444. The number of amides is 1. The van der Waals surface area contributed by atoms with Gasteiger partial charge in [-0.2, -0.15) is 0 Å². The summed E-state index contributed by atoms with van der Waals surface area (Å²) in [7, 11) is 0. The lowest BCUT2D eigenvalue weighted by molar-refractivity contribution is 0.0783. The highest BCUT2D eigenvalue weighted by Gasteiger charge is 2.43. The van der Waals surface area contributed by atoms with Crippen LogP contribution in [0.2, 0.25) is 0 Å². The Hall–Kier alpha value is -1.72. The van der Waals surface area contributed by atoms with Gasteiger partial charge in [-0.05, 0) is 31.6 Å². The molecule has 4 nitrogen and oxygen atoms in total. The van der Waals surface area contributed by atoms with E-state index in [0.717, 1.165) is 47.1 Å². The molecule has 0 bridgehead atoms. The van der Waals surface area contributed by atoms with Gasteiger partial charge in [-0.15, -0.1) is 11.3 Å². The fourth-order valence-corrected chi connectivity index (χ4v) is 4.96. The summed E-state index contributed by atoms with van der Waals surface area (Å²) in [4.78, 5) is 20.3. The summed E-state index contributed by atoms with van der Waals surface area (Å²) in [6, 6.07) is 10.3. The fourth-order valence-electron chi connectivity index (χ4n) is 3.92. The van der Waals surface area contributed by atoms with Crippen LogP contribution < -0.4 is 5.73 Å². The van der Waals surface area contributed by atoms with E-state index in [0.29, 0.717) is 11.8 Å². The van der Waals surface area contributed by atoms with Crippen LogP contribution in [0.4, 0.5) is 0 Å². The van der Waals surface area contributed by atoms with Crippen molar-refractivity contribution in [2.75, 3.05) is 13.1 Å². The normalized spacial score (nSPS) is 26.5. The van der Waals surface area contributed by atoms with E-state index >= 15 is 0 Å². The molecule has 2 heterocycles. The largest absolute Gasteiger partial charge is 0.337 e. The summed E-state index contributed by atoms with van der Waals surface area (Å²) in [6.07, 6.45) is 2.27. The molecule has 120 valence electrons. The van der Waals surface area contributed by atoms with Crippen molar-refractivity contribution in [3.05, 3.63) is 40.9 Å².